The largest absolute Gasteiger partial charge is 0.396 e. The molecule has 0 atom stereocenters. The Morgan fingerprint density at radius 2 is 2.22 bits per heavy atom. The summed E-state index contributed by atoms with van der Waals surface area (Å²) in [7, 11) is 0. The van der Waals surface area contributed by atoms with Gasteiger partial charge in [-0.05, 0) is 6.42 Å². The molecule has 3 heteroatoms. The summed E-state index contributed by atoms with van der Waals surface area (Å²) in [6.45, 7) is 4.28. The summed E-state index contributed by atoms with van der Waals surface area (Å²) in [6, 6.07) is 0. The van der Waals surface area contributed by atoms with E-state index in [4.69, 9.17) is 5.11 Å². The molecule has 0 aromatic heterocycles. The quantitative estimate of drug-likeness (QED) is 0.557. The minimum absolute atomic E-state index is 0.182. The van der Waals surface area contributed by atoms with Crippen molar-refractivity contribution in [1.29, 1.82) is 0 Å². The van der Waals surface area contributed by atoms with Crippen molar-refractivity contribution >= 4 is 12.8 Å². The molecule has 0 radical (unpaired) electrons. The maximum absolute atomic E-state index is 8.89. The average molecular weight is 147 g/mol. The molecular weight excluding hydrogens is 134 g/mol. The van der Waals surface area contributed by atoms with Crippen LogP contribution in [-0.4, -0.2) is 29.1 Å². The van der Waals surface area contributed by atoms with Gasteiger partial charge in [-0.3, -0.25) is 4.31 Å². The zero-order chi connectivity index (χ0) is 6.91. The lowest BCUT2D eigenvalue weighted by Gasteiger charge is -2.45. The fourth-order valence-corrected chi connectivity index (χ4v) is 1.76. The molecule has 0 spiro atoms. The molecular formula is C6H13NOS. The molecule has 0 aliphatic carbocycles. The van der Waals surface area contributed by atoms with Gasteiger partial charge in [0.15, 0.2) is 0 Å². The summed E-state index contributed by atoms with van der Waals surface area (Å²) in [6.07, 6.45) is 1.06. The minimum Gasteiger partial charge on any atom is -0.396 e. The third-order valence-electron chi connectivity index (χ3n) is 2.12. The van der Waals surface area contributed by atoms with Gasteiger partial charge in [0.2, 0.25) is 0 Å². The lowest BCUT2D eigenvalue weighted by Crippen LogP contribution is -2.53. The zero-order valence-electron chi connectivity index (χ0n) is 5.67. The summed E-state index contributed by atoms with van der Waals surface area (Å²) in [5, 5.41) is 8.89. The normalized spacial score (nSPS) is 25.7. The Labute approximate surface area is 61.4 Å². The summed E-state index contributed by atoms with van der Waals surface area (Å²) in [5.41, 5.74) is 0.182. The number of hydrogen-bond donors (Lipinski definition) is 2. The Morgan fingerprint density at radius 1 is 1.67 bits per heavy atom. The van der Waals surface area contributed by atoms with Crippen molar-refractivity contribution in [2.75, 3.05) is 19.7 Å². The smallest absolute Gasteiger partial charge is 0.0512 e. The number of rotatable bonds is 2. The van der Waals surface area contributed by atoms with Crippen molar-refractivity contribution < 1.29 is 5.11 Å². The van der Waals surface area contributed by atoms with Gasteiger partial charge in [0.05, 0.1) is 6.61 Å². The molecule has 0 saturated carbocycles. The molecule has 1 rings (SSSR count). The highest BCUT2D eigenvalue weighted by atomic mass is 32.1. The van der Waals surface area contributed by atoms with Crippen molar-refractivity contribution in [3.8, 4) is 0 Å². The van der Waals surface area contributed by atoms with E-state index in [1.165, 1.54) is 0 Å². The van der Waals surface area contributed by atoms with Gasteiger partial charge in [-0.1, -0.05) is 19.7 Å². The van der Waals surface area contributed by atoms with Crippen LogP contribution in [0.15, 0.2) is 0 Å². The van der Waals surface area contributed by atoms with Gasteiger partial charge in [0, 0.05) is 18.5 Å². The van der Waals surface area contributed by atoms with Crippen molar-refractivity contribution in [1.82, 2.24) is 4.31 Å². The molecule has 0 unspecified atom stereocenters. The van der Waals surface area contributed by atoms with Crippen molar-refractivity contribution in [2.45, 2.75) is 13.3 Å². The molecule has 9 heavy (non-hydrogen) atoms. The Bertz CT molecular complexity index is 95.2. The fourth-order valence-electron chi connectivity index (χ4n) is 1.16. The van der Waals surface area contributed by atoms with E-state index in [9.17, 15) is 0 Å². The number of aliphatic hydroxyl groups excluding tert-OH is 1. The second-order valence-corrected chi connectivity index (χ2v) is 3.40. The van der Waals surface area contributed by atoms with Crippen LogP contribution in [0, 0.1) is 5.41 Å². The van der Waals surface area contributed by atoms with Crippen LogP contribution in [-0.2, 0) is 0 Å². The first kappa shape index (κ1) is 7.38. The van der Waals surface area contributed by atoms with Crippen molar-refractivity contribution in [3.05, 3.63) is 0 Å². The standard InChI is InChI=1S/C6H13NOS/c1-2-6(5-8)3-7(9)4-6/h8-9H,2-5H2,1H3. The first-order valence-corrected chi connectivity index (χ1v) is 3.67. The lowest BCUT2D eigenvalue weighted by molar-refractivity contribution is 0.0128. The summed E-state index contributed by atoms with van der Waals surface area (Å²) in [5.74, 6) is 0. The van der Waals surface area contributed by atoms with E-state index in [1.54, 1.807) is 0 Å². The van der Waals surface area contributed by atoms with Gasteiger partial charge in [-0.15, -0.1) is 0 Å². The minimum atomic E-state index is 0.182. The van der Waals surface area contributed by atoms with Crippen LogP contribution in [0.25, 0.3) is 0 Å². The van der Waals surface area contributed by atoms with E-state index in [0.29, 0.717) is 6.61 Å². The van der Waals surface area contributed by atoms with Gasteiger partial charge in [-0.2, -0.15) is 0 Å². The maximum atomic E-state index is 8.89. The van der Waals surface area contributed by atoms with Crippen LogP contribution in [0.3, 0.4) is 0 Å². The zero-order valence-corrected chi connectivity index (χ0v) is 6.56. The van der Waals surface area contributed by atoms with E-state index >= 15 is 0 Å². The molecule has 1 fully saturated rings. The summed E-state index contributed by atoms with van der Waals surface area (Å²) in [4.78, 5) is 0. The second kappa shape index (κ2) is 2.48. The van der Waals surface area contributed by atoms with Crippen LogP contribution in [0.1, 0.15) is 13.3 Å². The Balaban J connectivity index is 2.36. The fraction of sp³-hybridized carbons (Fsp3) is 1.00. The van der Waals surface area contributed by atoms with E-state index < -0.39 is 0 Å². The van der Waals surface area contributed by atoms with E-state index in [1.807, 2.05) is 4.31 Å². The van der Waals surface area contributed by atoms with Crippen LogP contribution in [0.2, 0.25) is 0 Å². The van der Waals surface area contributed by atoms with Crippen molar-refractivity contribution in [3.63, 3.8) is 0 Å². The van der Waals surface area contributed by atoms with E-state index in [-0.39, 0.29) is 5.41 Å². The molecule has 0 aromatic carbocycles. The molecule has 0 aromatic rings. The molecule has 1 heterocycles. The highest BCUT2D eigenvalue weighted by molar-refractivity contribution is 7.77. The molecule has 1 N–H and O–H groups in total. The van der Waals surface area contributed by atoms with Gasteiger partial charge >= 0.3 is 0 Å². The molecule has 1 aliphatic heterocycles. The first-order valence-electron chi connectivity index (χ1n) is 3.27. The Kier molecular flexibility index (Phi) is 2.03. The monoisotopic (exact) mass is 147 g/mol. The molecule has 0 amide bonds. The average Bonchev–Trinajstić information content (AvgIpc) is 1.81. The van der Waals surface area contributed by atoms with E-state index in [0.717, 1.165) is 19.5 Å². The number of hydrogen-bond acceptors (Lipinski definition) is 3. The van der Waals surface area contributed by atoms with E-state index in [2.05, 4.69) is 19.7 Å². The predicted octanol–water partition coefficient (Wildman–Crippen LogP) is 0.536. The molecule has 0 bridgehead atoms. The topological polar surface area (TPSA) is 23.5 Å². The summed E-state index contributed by atoms with van der Waals surface area (Å²) >= 11 is 4.13. The highest BCUT2D eigenvalue weighted by Gasteiger charge is 2.39. The molecule has 1 saturated heterocycles. The molecule has 54 valence electrons. The third kappa shape index (κ3) is 1.23. The number of nitrogens with zero attached hydrogens (tertiary/aromatic N) is 1. The van der Waals surface area contributed by atoms with Crippen LogP contribution in [0.4, 0.5) is 0 Å². The highest BCUT2D eigenvalue weighted by Crippen LogP contribution is 2.33. The van der Waals surface area contributed by atoms with Gasteiger partial charge < -0.3 is 5.11 Å². The predicted molar refractivity (Wildman–Crippen MR) is 40.4 cm³/mol. The Morgan fingerprint density at radius 3 is 2.33 bits per heavy atom. The third-order valence-corrected chi connectivity index (χ3v) is 2.40. The number of thiol groups is 1. The number of aliphatic hydroxyl groups is 1. The van der Waals surface area contributed by atoms with Gasteiger partial charge in [0.1, 0.15) is 0 Å². The van der Waals surface area contributed by atoms with Gasteiger partial charge in [0.25, 0.3) is 0 Å². The molecule has 2 nitrogen and oxygen atoms in total. The molecule has 1 aliphatic rings. The summed E-state index contributed by atoms with van der Waals surface area (Å²) < 4.78 is 1.93. The second-order valence-electron chi connectivity index (χ2n) is 2.83. The first-order chi connectivity index (χ1) is 4.22. The van der Waals surface area contributed by atoms with Gasteiger partial charge in [-0.25, -0.2) is 0 Å². The Hall–Kier alpha value is 0.270. The lowest BCUT2D eigenvalue weighted by atomic mass is 9.80. The van der Waals surface area contributed by atoms with Crippen molar-refractivity contribution in [2.24, 2.45) is 5.41 Å². The van der Waals surface area contributed by atoms with Crippen LogP contribution in [0.5, 0.6) is 0 Å². The SMILES string of the molecule is CCC1(CO)CN(S)C1. The van der Waals surface area contributed by atoms with Crippen LogP contribution < -0.4 is 0 Å². The van der Waals surface area contributed by atoms with Crippen LogP contribution >= 0.6 is 12.8 Å². The maximum Gasteiger partial charge on any atom is 0.0512 e.